The Bertz CT molecular complexity index is 151. The zero-order valence-electron chi connectivity index (χ0n) is 3.24. The van der Waals surface area contributed by atoms with E-state index in [-0.39, 0.29) is 0 Å². The number of hydrogen-bond acceptors (Lipinski definition) is 5. The first-order chi connectivity index (χ1) is 3.45. The van der Waals surface area contributed by atoms with Gasteiger partial charge in [-0.1, -0.05) is 5.11 Å². The highest BCUT2D eigenvalue weighted by Crippen LogP contribution is 2.20. The largest absolute Gasteiger partial charge is 0.330 e. The van der Waals surface area contributed by atoms with E-state index in [1.165, 1.54) is 6.26 Å². The molecule has 5 nitrogen and oxygen atoms in total. The van der Waals surface area contributed by atoms with Crippen molar-refractivity contribution in [2.75, 3.05) is 0 Å². The molecule has 2 heterocycles. The number of nitrogens with zero attached hydrogens (tertiary/aromatic N) is 3. The molecule has 0 fully saturated rings. The average Bonchev–Trinajstić information content (AvgIpc) is 2.22. The fourth-order valence-corrected chi connectivity index (χ4v) is 0.375. The van der Waals surface area contributed by atoms with Crippen molar-refractivity contribution in [2.24, 2.45) is 10.3 Å². The van der Waals surface area contributed by atoms with Crippen LogP contribution < -0.4 is 0 Å². The van der Waals surface area contributed by atoms with Gasteiger partial charge in [0.2, 0.25) is 0 Å². The molecule has 0 saturated carbocycles. The van der Waals surface area contributed by atoms with Crippen LogP contribution in [0.5, 0.6) is 0 Å². The van der Waals surface area contributed by atoms with Gasteiger partial charge in [0.05, 0.1) is 5.34 Å². The quantitative estimate of drug-likeness (QED) is 0.440. The standard InChI is InChI=1S/C2HN3O2/c1-2-3-4-5(6-1)7-2/h1H. The molecular formula is C2HN3O2. The lowest BCUT2D eigenvalue weighted by Crippen LogP contribution is -2.02. The molecular weight excluding hydrogens is 98.0 g/mol. The Hall–Kier alpha value is -1.26. The van der Waals surface area contributed by atoms with E-state index in [0.717, 1.165) is 5.34 Å². The van der Waals surface area contributed by atoms with Crippen LogP contribution in [-0.2, 0) is 9.68 Å². The minimum Gasteiger partial charge on any atom is -0.330 e. The predicted molar refractivity (Wildman–Crippen MR) is 16.9 cm³/mol. The third-order valence-corrected chi connectivity index (χ3v) is 0.632. The molecule has 0 aromatic carbocycles. The molecule has 0 atom stereocenters. The maximum atomic E-state index is 4.61. The maximum absolute atomic E-state index is 4.61. The molecule has 2 aliphatic rings. The summed E-state index contributed by atoms with van der Waals surface area (Å²) in [6.07, 6.45) is 1.37. The third-order valence-electron chi connectivity index (χ3n) is 0.632. The van der Waals surface area contributed by atoms with Gasteiger partial charge in [-0.05, 0) is 0 Å². The molecule has 0 aliphatic carbocycles. The van der Waals surface area contributed by atoms with Crippen LogP contribution in [0.2, 0.25) is 0 Å². The van der Waals surface area contributed by atoms with Crippen molar-refractivity contribution in [3.8, 4) is 0 Å². The van der Waals surface area contributed by atoms with Gasteiger partial charge in [-0.25, -0.2) is 0 Å². The normalized spacial score (nSPS) is 21.7. The van der Waals surface area contributed by atoms with Crippen LogP contribution in [0.4, 0.5) is 0 Å². The van der Waals surface area contributed by atoms with E-state index >= 15 is 0 Å². The van der Waals surface area contributed by atoms with Crippen LogP contribution in [0.3, 0.4) is 0 Å². The zero-order chi connectivity index (χ0) is 4.69. The van der Waals surface area contributed by atoms with Gasteiger partial charge in [0.1, 0.15) is 0 Å². The second-order valence-electron chi connectivity index (χ2n) is 1.08. The summed E-state index contributed by atoms with van der Waals surface area (Å²) >= 11 is 0. The lowest BCUT2D eigenvalue weighted by molar-refractivity contribution is -0.280. The van der Waals surface area contributed by atoms with Crippen LogP contribution in [0.1, 0.15) is 0 Å². The number of rotatable bonds is 0. The lowest BCUT2D eigenvalue weighted by atomic mass is 10.9. The molecule has 0 saturated heterocycles. The predicted octanol–water partition coefficient (Wildman–Crippen LogP) is 0.345. The lowest BCUT2D eigenvalue weighted by Gasteiger charge is -1.96. The Balaban J connectivity index is 2.45. The van der Waals surface area contributed by atoms with Gasteiger partial charge in [0.25, 0.3) is 0 Å². The van der Waals surface area contributed by atoms with Gasteiger partial charge >= 0.3 is 5.88 Å². The highest BCUT2D eigenvalue weighted by Gasteiger charge is 2.22. The number of fused-ring (bicyclic) bond motifs is 2. The van der Waals surface area contributed by atoms with E-state index in [9.17, 15) is 0 Å². The number of hydrogen-bond donors (Lipinski definition) is 0. The van der Waals surface area contributed by atoms with Crippen LogP contribution in [0.15, 0.2) is 22.5 Å². The van der Waals surface area contributed by atoms with Crippen LogP contribution in [-0.4, -0.2) is 5.34 Å². The minimum absolute atomic E-state index is 0.403. The Morgan fingerprint density at radius 1 is 1.71 bits per heavy atom. The van der Waals surface area contributed by atoms with Crippen molar-refractivity contribution in [3.63, 3.8) is 0 Å². The molecule has 5 heteroatoms. The smallest absolute Gasteiger partial charge is 0.310 e. The minimum atomic E-state index is 0.403. The first-order valence-corrected chi connectivity index (χ1v) is 1.72. The van der Waals surface area contributed by atoms with Crippen molar-refractivity contribution in [1.29, 1.82) is 0 Å². The summed E-state index contributed by atoms with van der Waals surface area (Å²) in [5.41, 5.74) is 0. The second kappa shape index (κ2) is 0.699. The molecule has 0 spiro atoms. The summed E-state index contributed by atoms with van der Waals surface area (Å²) in [5.74, 6) is 0.403. The molecule has 7 heavy (non-hydrogen) atoms. The Kier molecular flexibility index (Phi) is 0.283. The topological polar surface area (TPSA) is 46.4 Å². The molecule has 0 unspecified atom stereocenters. The third kappa shape index (κ3) is 0.219. The van der Waals surface area contributed by atoms with Crippen LogP contribution in [0, 0.1) is 0 Å². The molecule has 2 aliphatic heterocycles. The van der Waals surface area contributed by atoms with E-state index in [2.05, 4.69) is 20.0 Å². The van der Waals surface area contributed by atoms with Gasteiger partial charge in [-0.3, -0.25) is 0 Å². The van der Waals surface area contributed by atoms with Crippen molar-refractivity contribution >= 4 is 0 Å². The summed E-state index contributed by atoms with van der Waals surface area (Å²) < 4.78 is 0. The molecule has 0 amide bonds. The van der Waals surface area contributed by atoms with E-state index < -0.39 is 0 Å². The molecule has 0 aromatic rings. The van der Waals surface area contributed by atoms with E-state index in [4.69, 9.17) is 0 Å². The summed E-state index contributed by atoms with van der Waals surface area (Å²) in [4.78, 5) is 9.15. The summed E-state index contributed by atoms with van der Waals surface area (Å²) in [7, 11) is 0. The first kappa shape index (κ1) is 2.84. The first-order valence-electron chi connectivity index (χ1n) is 1.72. The van der Waals surface area contributed by atoms with Gasteiger partial charge < -0.3 is 9.68 Å². The van der Waals surface area contributed by atoms with Crippen molar-refractivity contribution in [2.45, 2.75) is 0 Å². The fourth-order valence-electron chi connectivity index (χ4n) is 0.375. The maximum Gasteiger partial charge on any atom is 0.310 e. The second-order valence-corrected chi connectivity index (χ2v) is 1.08. The van der Waals surface area contributed by atoms with Crippen molar-refractivity contribution < 1.29 is 9.68 Å². The fraction of sp³-hybridized carbons (Fsp3) is 0. The van der Waals surface area contributed by atoms with Crippen molar-refractivity contribution in [3.05, 3.63) is 12.1 Å². The summed E-state index contributed by atoms with van der Waals surface area (Å²) in [6.45, 7) is 0. The van der Waals surface area contributed by atoms with Gasteiger partial charge in [-0.15, -0.1) is 0 Å². The Labute approximate surface area is 38.7 Å². The van der Waals surface area contributed by atoms with Crippen LogP contribution in [0.25, 0.3) is 0 Å². The molecule has 0 aromatic heterocycles. The monoisotopic (exact) mass is 99.0 g/mol. The Morgan fingerprint density at radius 2 is 2.71 bits per heavy atom. The van der Waals surface area contributed by atoms with Gasteiger partial charge in [-0.2, -0.15) is 0 Å². The van der Waals surface area contributed by atoms with E-state index in [0.29, 0.717) is 5.88 Å². The zero-order valence-corrected chi connectivity index (χ0v) is 3.24. The van der Waals surface area contributed by atoms with E-state index in [1.54, 1.807) is 0 Å². The molecule has 2 bridgehead atoms. The van der Waals surface area contributed by atoms with Crippen LogP contribution >= 0.6 is 0 Å². The highest BCUT2D eigenvalue weighted by molar-refractivity contribution is 4.86. The highest BCUT2D eigenvalue weighted by atomic mass is 17.0. The average molecular weight is 99.0 g/mol. The van der Waals surface area contributed by atoms with Gasteiger partial charge in [0.15, 0.2) is 6.26 Å². The molecule has 2 rings (SSSR count). The van der Waals surface area contributed by atoms with Crippen molar-refractivity contribution in [1.82, 2.24) is 5.34 Å². The van der Waals surface area contributed by atoms with E-state index in [1.807, 2.05) is 0 Å². The summed E-state index contributed by atoms with van der Waals surface area (Å²) in [6, 6.07) is 0. The Morgan fingerprint density at radius 3 is 2.86 bits per heavy atom. The SMILES string of the molecule is C1=C2N=NN(O1)O2. The summed E-state index contributed by atoms with van der Waals surface area (Å²) in [5, 5.41) is 7.74. The molecule has 0 radical (unpaired) electrons. The molecule has 0 N–H and O–H groups in total. The molecule has 36 valence electrons. The van der Waals surface area contributed by atoms with Gasteiger partial charge in [0, 0.05) is 5.22 Å².